The SMILES string of the molecule is Cc1cc(NC(=O)C(C)CCN)ccc1-n1cnnn1. The van der Waals surface area contributed by atoms with E-state index in [9.17, 15) is 4.79 Å². The van der Waals surface area contributed by atoms with Crippen molar-refractivity contribution >= 4 is 11.6 Å². The van der Waals surface area contributed by atoms with Gasteiger partial charge in [-0.3, -0.25) is 4.79 Å². The summed E-state index contributed by atoms with van der Waals surface area (Å²) in [5.41, 5.74) is 8.07. The van der Waals surface area contributed by atoms with Gasteiger partial charge in [0.25, 0.3) is 0 Å². The van der Waals surface area contributed by atoms with Gasteiger partial charge in [0, 0.05) is 11.6 Å². The smallest absolute Gasteiger partial charge is 0.227 e. The number of nitrogens with two attached hydrogens (primary N) is 1. The van der Waals surface area contributed by atoms with Crippen molar-refractivity contribution in [2.24, 2.45) is 11.7 Å². The predicted octanol–water partition coefficient (Wildman–Crippen LogP) is 0.894. The largest absolute Gasteiger partial charge is 0.330 e. The number of nitrogens with zero attached hydrogens (tertiary/aromatic N) is 4. The standard InChI is InChI=1S/C13H18N6O/c1-9(5-6-14)13(20)16-11-3-4-12(10(2)7-11)19-8-15-17-18-19/h3-4,7-9H,5-6,14H2,1-2H3,(H,16,20). The van der Waals surface area contributed by atoms with Gasteiger partial charge in [-0.05, 0) is 54.1 Å². The van der Waals surface area contributed by atoms with E-state index in [1.165, 1.54) is 6.33 Å². The Kier molecular flexibility index (Phi) is 4.41. The van der Waals surface area contributed by atoms with Gasteiger partial charge in [-0.25, -0.2) is 4.68 Å². The van der Waals surface area contributed by atoms with Crippen LogP contribution in [-0.4, -0.2) is 32.7 Å². The fraction of sp³-hybridized carbons (Fsp3) is 0.385. The highest BCUT2D eigenvalue weighted by atomic mass is 16.1. The minimum Gasteiger partial charge on any atom is -0.330 e. The first-order valence-electron chi connectivity index (χ1n) is 6.46. The fourth-order valence-corrected chi connectivity index (χ4v) is 1.91. The summed E-state index contributed by atoms with van der Waals surface area (Å²) < 4.78 is 1.58. The molecule has 1 aromatic carbocycles. The number of benzene rings is 1. The van der Waals surface area contributed by atoms with Crippen LogP contribution < -0.4 is 11.1 Å². The number of rotatable bonds is 5. The number of amides is 1. The molecule has 0 saturated carbocycles. The van der Waals surface area contributed by atoms with Crippen LogP contribution >= 0.6 is 0 Å². The number of anilines is 1. The molecule has 0 fully saturated rings. The van der Waals surface area contributed by atoms with Gasteiger partial charge >= 0.3 is 0 Å². The first kappa shape index (κ1) is 14.1. The Morgan fingerprint density at radius 2 is 2.30 bits per heavy atom. The molecule has 3 N–H and O–H groups in total. The van der Waals surface area contributed by atoms with Crippen LogP contribution in [0.5, 0.6) is 0 Å². The number of tetrazole rings is 1. The summed E-state index contributed by atoms with van der Waals surface area (Å²) in [4.78, 5) is 11.9. The maximum atomic E-state index is 11.9. The van der Waals surface area contributed by atoms with Crippen molar-refractivity contribution in [1.29, 1.82) is 0 Å². The lowest BCUT2D eigenvalue weighted by Gasteiger charge is -2.12. The molecular formula is C13H18N6O. The van der Waals surface area contributed by atoms with Crippen LogP contribution in [0, 0.1) is 12.8 Å². The monoisotopic (exact) mass is 274 g/mol. The number of hydrogen-bond acceptors (Lipinski definition) is 5. The highest BCUT2D eigenvalue weighted by Crippen LogP contribution is 2.18. The van der Waals surface area contributed by atoms with Crippen LogP contribution in [0.3, 0.4) is 0 Å². The van der Waals surface area contributed by atoms with Crippen molar-refractivity contribution in [3.05, 3.63) is 30.1 Å². The number of carbonyl (C=O) groups excluding carboxylic acids is 1. The minimum atomic E-state index is -0.0977. The van der Waals surface area contributed by atoms with E-state index in [4.69, 9.17) is 5.73 Å². The number of aromatic nitrogens is 4. The van der Waals surface area contributed by atoms with E-state index in [1.54, 1.807) is 4.68 Å². The van der Waals surface area contributed by atoms with E-state index in [2.05, 4.69) is 20.8 Å². The molecule has 0 bridgehead atoms. The molecule has 1 aromatic heterocycles. The molecule has 7 nitrogen and oxygen atoms in total. The van der Waals surface area contributed by atoms with Crippen molar-refractivity contribution < 1.29 is 4.79 Å². The number of hydrogen-bond donors (Lipinski definition) is 2. The molecule has 0 spiro atoms. The summed E-state index contributed by atoms with van der Waals surface area (Å²) in [6, 6.07) is 5.59. The number of aryl methyl sites for hydroxylation is 1. The van der Waals surface area contributed by atoms with Crippen molar-refractivity contribution in [2.45, 2.75) is 20.3 Å². The molecule has 1 atom stereocenters. The van der Waals surface area contributed by atoms with Crippen molar-refractivity contribution in [3.63, 3.8) is 0 Å². The lowest BCUT2D eigenvalue weighted by atomic mass is 10.1. The average Bonchev–Trinajstić information content (AvgIpc) is 2.93. The second kappa shape index (κ2) is 6.25. The Hall–Kier alpha value is -2.28. The lowest BCUT2D eigenvalue weighted by Crippen LogP contribution is -2.22. The van der Waals surface area contributed by atoms with Crippen LogP contribution in [0.1, 0.15) is 18.9 Å². The third kappa shape index (κ3) is 3.18. The lowest BCUT2D eigenvalue weighted by molar-refractivity contribution is -0.119. The Labute approximate surface area is 117 Å². The molecular weight excluding hydrogens is 256 g/mol. The second-order valence-electron chi connectivity index (χ2n) is 4.72. The van der Waals surface area contributed by atoms with Crippen LogP contribution in [-0.2, 0) is 4.79 Å². The molecule has 1 unspecified atom stereocenters. The van der Waals surface area contributed by atoms with Crippen LogP contribution in [0.4, 0.5) is 5.69 Å². The molecule has 20 heavy (non-hydrogen) atoms. The third-order valence-corrected chi connectivity index (χ3v) is 3.11. The number of nitrogens with one attached hydrogen (secondary N) is 1. The Morgan fingerprint density at radius 1 is 1.50 bits per heavy atom. The van der Waals surface area contributed by atoms with E-state index in [1.807, 2.05) is 32.0 Å². The maximum Gasteiger partial charge on any atom is 0.227 e. The molecule has 1 heterocycles. The van der Waals surface area contributed by atoms with Gasteiger partial charge < -0.3 is 11.1 Å². The van der Waals surface area contributed by atoms with E-state index in [0.29, 0.717) is 13.0 Å². The fourth-order valence-electron chi connectivity index (χ4n) is 1.91. The summed E-state index contributed by atoms with van der Waals surface area (Å²) in [5, 5.41) is 13.9. The summed E-state index contributed by atoms with van der Waals surface area (Å²) >= 11 is 0. The van der Waals surface area contributed by atoms with E-state index in [0.717, 1.165) is 16.9 Å². The molecule has 2 rings (SSSR count). The Bertz CT molecular complexity index is 581. The molecule has 0 radical (unpaired) electrons. The van der Waals surface area contributed by atoms with Crippen LogP contribution in [0.25, 0.3) is 5.69 Å². The van der Waals surface area contributed by atoms with E-state index in [-0.39, 0.29) is 11.8 Å². The van der Waals surface area contributed by atoms with E-state index >= 15 is 0 Å². The first-order valence-corrected chi connectivity index (χ1v) is 6.46. The van der Waals surface area contributed by atoms with Crippen molar-refractivity contribution in [3.8, 4) is 5.69 Å². The first-order chi connectivity index (χ1) is 9.61. The zero-order chi connectivity index (χ0) is 14.5. The van der Waals surface area contributed by atoms with Gasteiger partial charge in [0.15, 0.2) is 0 Å². The zero-order valence-corrected chi connectivity index (χ0v) is 11.6. The summed E-state index contributed by atoms with van der Waals surface area (Å²) in [7, 11) is 0. The summed E-state index contributed by atoms with van der Waals surface area (Å²) in [6.07, 6.45) is 2.21. The Morgan fingerprint density at radius 3 is 2.90 bits per heavy atom. The predicted molar refractivity (Wildman–Crippen MR) is 75.4 cm³/mol. The summed E-state index contributed by atoms with van der Waals surface area (Å²) in [5.74, 6) is -0.121. The normalized spacial score (nSPS) is 12.2. The topological polar surface area (TPSA) is 98.7 Å². The van der Waals surface area contributed by atoms with Gasteiger partial charge in [0.2, 0.25) is 5.91 Å². The molecule has 2 aromatic rings. The average molecular weight is 274 g/mol. The van der Waals surface area contributed by atoms with Crippen molar-refractivity contribution in [2.75, 3.05) is 11.9 Å². The molecule has 7 heteroatoms. The quantitative estimate of drug-likeness (QED) is 0.843. The minimum absolute atomic E-state index is 0.0231. The highest BCUT2D eigenvalue weighted by Gasteiger charge is 2.12. The van der Waals surface area contributed by atoms with Crippen LogP contribution in [0.2, 0.25) is 0 Å². The molecule has 1 amide bonds. The Balaban J connectivity index is 2.12. The van der Waals surface area contributed by atoms with Crippen LogP contribution in [0.15, 0.2) is 24.5 Å². The molecule has 0 aliphatic heterocycles. The van der Waals surface area contributed by atoms with Gasteiger partial charge in [-0.15, -0.1) is 5.10 Å². The van der Waals surface area contributed by atoms with Crippen molar-refractivity contribution in [1.82, 2.24) is 20.2 Å². The maximum absolute atomic E-state index is 11.9. The van der Waals surface area contributed by atoms with E-state index < -0.39 is 0 Å². The molecule has 0 saturated heterocycles. The van der Waals surface area contributed by atoms with Gasteiger partial charge in [-0.2, -0.15) is 0 Å². The van der Waals surface area contributed by atoms with Gasteiger partial charge in [0.05, 0.1) is 5.69 Å². The van der Waals surface area contributed by atoms with Gasteiger partial charge in [-0.1, -0.05) is 6.92 Å². The molecule has 106 valence electrons. The highest BCUT2D eigenvalue weighted by molar-refractivity contribution is 5.92. The molecule has 0 aliphatic rings. The zero-order valence-electron chi connectivity index (χ0n) is 11.6. The summed E-state index contributed by atoms with van der Waals surface area (Å²) in [6.45, 7) is 4.31. The third-order valence-electron chi connectivity index (χ3n) is 3.11. The second-order valence-corrected chi connectivity index (χ2v) is 4.72. The molecule has 0 aliphatic carbocycles. The van der Waals surface area contributed by atoms with Gasteiger partial charge in [0.1, 0.15) is 6.33 Å². The number of carbonyl (C=O) groups is 1.